The van der Waals surface area contributed by atoms with E-state index in [2.05, 4.69) is 29.0 Å². The summed E-state index contributed by atoms with van der Waals surface area (Å²) in [4.78, 5) is 26.7. The van der Waals surface area contributed by atoms with Gasteiger partial charge in [0.15, 0.2) is 0 Å². The van der Waals surface area contributed by atoms with Crippen molar-refractivity contribution in [2.24, 2.45) is 0 Å². The Balaban J connectivity index is 1.47. The van der Waals surface area contributed by atoms with Gasteiger partial charge in [-0.15, -0.1) is 0 Å². The summed E-state index contributed by atoms with van der Waals surface area (Å²) >= 11 is 0. The summed E-state index contributed by atoms with van der Waals surface area (Å²) in [5, 5.41) is 0. The normalized spacial score (nSPS) is 15.6. The van der Waals surface area contributed by atoms with Crippen molar-refractivity contribution in [3.8, 4) is 0 Å². The lowest BCUT2D eigenvalue weighted by atomic mass is 9.95. The second-order valence-electron chi connectivity index (χ2n) is 6.63. The Morgan fingerprint density at radius 1 is 1.28 bits per heavy atom. The number of nitrogen functional groups attached to an aromatic ring is 1. The number of para-hydroxylation sites is 1. The zero-order chi connectivity index (χ0) is 17.4. The number of pyridine rings is 1. The lowest BCUT2D eigenvalue weighted by Gasteiger charge is -2.31. The minimum atomic E-state index is 0.0213. The number of benzene rings is 1. The molecule has 0 saturated carbocycles. The Hall–Kier alpha value is -2.89. The second-order valence-corrected chi connectivity index (χ2v) is 6.63. The number of aromatic amines is 1. The molecule has 1 aliphatic heterocycles. The molecule has 2 aromatic heterocycles. The molecule has 0 radical (unpaired) electrons. The van der Waals surface area contributed by atoms with E-state index in [4.69, 9.17) is 10.7 Å². The Morgan fingerprint density at radius 3 is 2.80 bits per heavy atom. The SMILES string of the molecule is Cc1cccc2[nH]c(C3CCN(C(=O)c4ccnc(N)c4)CC3)nc12. The number of nitrogens with zero attached hydrogens (tertiary/aromatic N) is 3. The molecule has 1 saturated heterocycles. The molecule has 1 aliphatic rings. The molecular formula is C19H21N5O. The van der Waals surface area contributed by atoms with Crippen molar-refractivity contribution >= 4 is 22.8 Å². The summed E-state index contributed by atoms with van der Waals surface area (Å²) in [5.41, 5.74) is 9.59. The maximum Gasteiger partial charge on any atom is 0.254 e. The molecule has 0 spiro atoms. The Kier molecular flexibility index (Phi) is 3.87. The van der Waals surface area contributed by atoms with Crippen LogP contribution in [0.15, 0.2) is 36.5 Å². The maximum atomic E-state index is 12.6. The van der Waals surface area contributed by atoms with Gasteiger partial charge in [0.1, 0.15) is 11.6 Å². The molecule has 3 N–H and O–H groups in total. The second kappa shape index (κ2) is 6.20. The molecule has 3 heterocycles. The van der Waals surface area contributed by atoms with Crippen LogP contribution in [0.5, 0.6) is 0 Å². The quantitative estimate of drug-likeness (QED) is 0.754. The Labute approximate surface area is 146 Å². The van der Waals surface area contributed by atoms with Crippen molar-refractivity contribution in [3.63, 3.8) is 0 Å². The number of aryl methyl sites for hydroxylation is 1. The Bertz CT molecular complexity index is 924. The summed E-state index contributed by atoms with van der Waals surface area (Å²) in [6.07, 6.45) is 3.39. The highest BCUT2D eigenvalue weighted by atomic mass is 16.2. The summed E-state index contributed by atoms with van der Waals surface area (Å²) in [6, 6.07) is 9.53. The van der Waals surface area contributed by atoms with Gasteiger partial charge >= 0.3 is 0 Å². The number of aromatic nitrogens is 3. The van der Waals surface area contributed by atoms with E-state index in [0.717, 1.165) is 42.8 Å². The van der Waals surface area contributed by atoms with Gasteiger partial charge in [-0.25, -0.2) is 9.97 Å². The van der Waals surface area contributed by atoms with E-state index in [9.17, 15) is 4.79 Å². The molecule has 6 heteroatoms. The molecule has 128 valence electrons. The third-order valence-electron chi connectivity index (χ3n) is 4.93. The van der Waals surface area contributed by atoms with E-state index in [1.807, 2.05) is 11.0 Å². The van der Waals surface area contributed by atoms with E-state index in [0.29, 0.717) is 17.3 Å². The lowest BCUT2D eigenvalue weighted by Crippen LogP contribution is -2.38. The Morgan fingerprint density at radius 2 is 2.08 bits per heavy atom. The summed E-state index contributed by atoms with van der Waals surface area (Å²) in [7, 11) is 0. The molecule has 0 unspecified atom stereocenters. The van der Waals surface area contributed by atoms with Crippen molar-refractivity contribution in [2.75, 3.05) is 18.8 Å². The van der Waals surface area contributed by atoms with Gasteiger partial charge in [-0.2, -0.15) is 0 Å². The zero-order valence-electron chi connectivity index (χ0n) is 14.2. The van der Waals surface area contributed by atoms with Crippen LogP contribution in [0.1, 0.15) is 40.5 Å². The van der Waals surface area contributed by atoms with E-state index < -0.39 is 0 Å². The number of hydrogen-bond acceptors (Lipinski definition) is 4. The van der Waals surface area contributed by atoms with Gasteiger partial charge in [-0.1, -0.05) is 12.1 Å². The largest absolute Gasteiger partial charge is 0.384 e. The molecule has 0 bridgehead atoms. The predicted octanol–water partition coefficient (Wildman–Crippen LogP) is 2.87. The minimum Gasteiger partial charge on any atom is -0.384 e. The van der Waals surface area contributed by atoms with Crippen LogP contribution in [0.25, 0.3) is 11.0 Å². The first-order valence-corrected chi connectivity index (χ1v) is 8.58. The number of amides is 1. The van der Waals surface area contributed by atoms with Gasteiger partial charge in [0.2, 0.25) is 0 Å². The summed E-state index contributed by atoms with van der Waals surface area (Å²) < 4.78 is 0. The molecule has 3 aromatic rings. The minimum absolute atomic E-state index is 0.0213. The van der Waals surface area contributed by atoms with E-state index in [-0.39, 0.29) is 5.91 Å². The van der Waals surface area contributed by atoms with Crippen molar-refractivity contribution in [1.29, 1.82) is 0 Å². The van der Waals surface area contributed by atoms with Gasteiger partial charge in [-0.05, 0) is 43.5 Å². The number of piperidine rings is 1. The molecule has 0 aliphatic carbocycles. The third-order valence-corrected chi connectivity index (χ3v) is 4.93. The first kappa shape index (κ1) is 15.6. The fraction of sp³-hybridized carbons (Fsp3) is 0.316. The maximum absolute atomic E-state index is 12.6. The average Bonchev–Trinajstić information content (AvgIpc) is 3.07. The number of rotatable bonds is 2. The zero-order valence-corrected chi connectivity index (χ0v) is 14.2. The van der Waals surface area contributed by atoms with Crippen molar-refractivity contribution in [1.82, 2.24) is 19.9 Å². The highest BCUT2D eigenvalue weighted by Gasteiger charge is 2.26. The first-order chi connectivity index (χ1) is 12.1. The van der Waals surface area contributed by atoms with E-state index in [1.54, 1.807) is 18.3 Å². The van der Waals surface area contributed by atoms with Gasteiger partial charge < -0.3 is 15.6 Å². The van der Waals surface area contributed by atoms with Crippen LogP contribution in [0, 0.1) is 6.92 Å². The van der Waals surface area contributed by atoms with Crippen LogP contribution in [0.3, 0.4) is 0 Å². The van der Waals surface area contributed by atoms with Crippen molar-refractivity contribution < 1.29 is 4.79 Å². The topological polar surface area (TPSA) is 87.9 Å². The average molecular weight is 335 g/mol. The molecule has 4 rings (SSSR count). The molecule has 1 amide bonds. The number of fused-ring (bicyclic) bond motifs is 1. The van der Waals surface area contributed by atoms with Crippen LogP contribution in [-0.2, 0) is 0 Å². The number of carbonyl (C=O) groups excluding carboxylic acids is 1. The van der Waals surface area contributed by atoms with Crippen LogP contribution in [-0.4, -0.2) is 38.8 Å². The highest BCUT2D eigenvalue weighted by molar-refractivity contribution is 5.94. The fourth-order valence-corrected chi connectivity index (χ4v) is 3.51. The van der Waals surface area contributed by atoms with Crippen LogP contribution in [0.2, 0.25) is 0 Å². The monoisotopic (exact) mass is 335 g/mol. The molecule has 25 heavy (non-hydrogen) atoms. The fourth-order valence-electron chi connectivity index (χ4n) is 3.51. The van der Waals surface area contributed by atoms with E-state index in [1.165, 1.54) is 5.56 Å². The van der Waals surface area contributed by atoms with Gasteiger partial charge in [0.25, 0.3) is 5.91 Å². The smallest absolute Gasteiger partial charge is 0.254 e. The number of nitrogens with one attached hydrogen (secondary N) is 1. The number of carbonyl (C=O) groups is 1. The molecule has 0 atom stereocenters. The summed E-state index contributed by atoms with van der Waals surface area (Å²) in [6.45, 7) is 3.53. The standard InChI is InChI=1S/C19H21N5O/c1-12-3-2-4-15-17(12)23-18(22-15)13-6-9-24(10-7-13)19(25)14-5-8-21-16(20)11-14/h2-5,8,11,13H,6-7,9-10H2,1H3,(H2,20,21)(H,22,23). The molecular weight excluding hydrogens is 314 g/mol. The van der Waals surface area contributed by atoms with Gasteiger partial charge in [-0.3, -0.25) is 4.79 Å². The molecule has 1 fully saturated rings. The molecule has 1 aromatic carbocycles. The number of likely N-dealkylation sites (tertiary alicyclic amines) is 1. The van der Waals surface area contributed by atoms with Gasteiger partial charge in [0.05, 0.1) is 11.0 Å². The first-order valence-electron chi connectivity index (χ1n) is 8.58. The number of H-pyrrole nitrogens is 1. The third kappa shape index (κ3) is 2.95. The number of anilines is 1. The van der Waals surface area contributed by atoms with E-state index >= 15 is 0 Å². The van der Waals surface area contributed by atoms with Crippen LogP contribution < -0.4 is 5.73 Å². The highest BCUT2D eigenvalue weighted by Crippen LogP contribution is 2.29. The molecule has 6 nitrogen and oxygen atoms in total. The number of nitrogens with two attached hydrogens (primary N) is 1. The van der Waals surface area contributed by atoms with Crippen molar-refractivity contribution in [3.05, 3.63) is 53.5 Å². The van der Waals surface area contributed by atoms with Gasteiger partial charge in [0, 0.05) is 30.8 Å². The van der Waals surface area contributed by atoms with Crippen molar-refractivity contribution in [2.45, 2.75) is 25.7 Å². The van der Waals surface area contributed by atoms with Crippen LogP contribution in [0.4, 0.5) is 5.82 Å². The summed E-state index contributed by atoms with van der Waals surface area (Å²) in [5.74, 6) is 1.79. The van der Waals surface area contributed by atoms with Crippen LogP contribution >= 0.6 is 0 Å². The number of hydrogen-bond donors (Lipinski definition) is 2. The number of imidazole rings is 1. The predicted molar refractivity (Wildman–Crippen MR) is 97.4 cm³/mol. The lowest BCUT2D eigenvalue weighted by molar-refractivity contribution is 0.0711.